The van der Waals surface area contributed by atoms with E-state index in [0.717, 1.165) is 31.5 Å². The van der Waals surface area contributed by atoms with Crippen LogP contribution in [-0.4, -0.2) is 34.8 Å². The van der Waals surface area contributed by atoms with Crippen molar-refractivity contribution >= 4 is 11.6 Å². The van der Waals surface area contributed by atoms with Gasteiger partial charge < -0.3 is 20.1 Å². The van der Waals surface area contributed by atoms with Gasteiger partial charge in [-0.2, -0.15) is 4.98 Å². The summed E-state index contributed by atoms with van der Waals surface area (Å²) >= 11 is 0. The fourth-order valence-corrected chi connectivity index (χ4v) is 3.49. The molecule has 1 aliphatic heterocycles. The molecule has 156 valence electrons. The van der Waals surface area contributed by atoms with Gasteiger partial charge in [-0.25, -0.2) is 9.37 Å². The summed E-state index contributed by atoms with van der Waals surface area (Å²) in [6, 6.07) is 15.9. The summed E-state index contributed by atoms with van der Waals surface area (Å²) < 4.78 is 18.7. The first-order chi connectivity index (χ1) is 14.7. The van der Waals surface area contributed by atoms with Crippen LogP contribution in [0.25, 0.3) is 0 Å². The van der Waals surface area contributed by atoms with E-state index < -0.39 is 0 Å². The summed E-state index contributed by atoms with van der Waals surface area (Å²) in [4.78, 5) is 10.9. The molecule has 7 heteroatoms. The van der Waals surface area contributed by atoms with E-state index in [1.165, 1.54) is 17.8 Å². The first-order valence-electron chi connectivity index (χ1n) is 10.1. The lowest BCUT2D eigenvalue weighted by molar-refractivity contribution is 0.203. The monoisotopic (exact) mass is 408 g/mol. The molecule has 0 amide bonds. The summed E-state index contributed by atoms with van der Waals surface area (Å²) in [6.45, 7) is 2.85. The molecule has 0 atom stereocenters. The molecule has 1 aromatic heterocycles. The lowest BCUT2D eigenvalue weighted by Gasteiger charge is -2.33. The lowest BCUT2D eigenvalue weighted by atomic mass is 9.97. The predicted molar refractivity (Wildman–Crippen MR) is 114 cm³/mol. The zero-order chi connectivity index (χ0) is 20.8. The fraction of sp³-hybridized carbons (Fsp3) is 0.304. The molecule has 1 fully saturated rings. The minimum Gasteiger partial charge on any atom is -0.439 e. The van der Waals surface area contributed by atoms with E-state index in [-0.39, 0.29) is 12.4 Å². The van der Waals surface area contributed by atoms with Crippen molar-refractivity contribution in [3.63, 3.8) is 0 Å². The number of halogens is 1. The van der Waals surface area contributed by atoms with E-state index in [2.05, 4.69) is 44.5 Å². The van der Waals surface area contributed by atoms with E-state index in [1.54, 1.807) is 24.4 Å². The van der Waals surface area contributed by atoms with Gasteiger partial charge in [0.1, 0.15) is 11.6 Å². The second-order valence-corrected chi connectivity index (χ2v) is 7.41. The van der Waals surface area contributed by atoms with Gasteiger partial charge in [-0.05, 0) is 60.7 Å². The Morgan fingerprint density at radius 2 is 1.77 bits per heavy atom. The van der Waals surface area contributed by atoms with Gasteiger partial charge in [-0.1, -0.05) is 12.1 Å². The molecule has 1 saturated heterocycles. The number of aromatic nitrogens is 2. The third-order valence-electron chi connectivity index (χ3n) is 5.29. The summed E-state index contributed by atoms with van der Waals surface area (Å²) in [5, 5.41) is 12.5. The van der Waals surface area contributed by atoms with Gasteiger partial charge in [0.15, 0.2) is 0 Å². The van der Waals surface area contributed by atoms with Gasteiger partial charge in [0, 0.05) is 44.2 Å². The number of hydrogen-bond donors (Lipinski definition) is 2. The first-order valence-corrected chi connectivity index (χ1v) is 10.1. The molecule has 0 saturated carbocycles. The van der Waals surface area contributed by atoms with Crippen LogP contribution in [0.1, 0.15) is 18.4 Å². The summed E-state index contributed by atoms with van der Waals surface area (Å²) in [5.74, 6) is 1.49. The number of benzene rings is 2. The van der Waals surface area contributed by atoms with Crippen molar-refractivity contribution in [3.05, 3.63) is 72.2 Å². The van der Waals surface area contributed by atoms with Crippen LogP contribution in [0.3, 0.4) is 0 Å². The molecule has 0 radical (unpaired) electrons. The number of ether oxygens (including phenoxy) is 1. The number of aliphatic hydroxyl groups is 1. The van der Waals surface area contributed by atoms with Crippen molar-refractivity contribution in [1.29, 1.82) is 0 Å². The Morgan fingerprint density at radius 1 is 1.03 bits per heavy atom. The van der Waals surface area contributed by atoms with Crippen LogP contribution in [0.4, 0.5) is 16.0 Å². The maximum atomic E-state index is 13.0. The number of nitrogens with zero attached hydrogens (tertiary/aromatic N) is 3. The van der Waals surface area contributed by atoms with Crippen molar-refractivity contribution in [2.75, 3.05) is 29.9 Å². The van der Waals surface area contributed by atoms with Crippen molar-refractivity contribution in [3.8, 4) is 11.6 Å². The topological polar surface area (TPSA) is 70.5 Å². The molecule has 6 nitrogen and oxygen atoms in total. The van der Waals surface area contributed by atoms with E-state index in [1.807, 2.05) is 0 Å². The number of piperidine rings is 1. The molecular formula is C23H25FN4O2. The highest BCUT2D eigenvalue weighted by molar-refractivity contribution is 5.48. The Hall–Kier alpha value is -3.19. The molecule has 30 heavy (non-hydrogen) atoms. The highest BCUT2D eigenvalue weighted by Crippen LogP contribution is 2.24. The maximum Gasteiger partial charge on any atom is 0.226 e. The molecule has 0 aliphatic carbocycles. The first kappa shape index (κ1) is 20.1. The van der Waals surface area contributed by atoms with Crippen LogP contribution in [0.2, 0.25) is 0 Å². The molecular weight excluding hydrogens is 383 g/mol. The number of nitrogens with one attached hydrogen (secondary N) is 1. The molecule has 2 aromatic carbocycles. The van der Waals surface area contributed by atoms with E-state index in [0.29, 0.717) is 30.0 Å². The van der Waals surface area contributed by atoms with E-state index in [9.17, 15) is 9.50 Å². The van der Waals surface area contributed by atoms with Gasteiger partial charge in [0.25, 0.3) is 0 Å². The summed E-state index contributed by atoms with van der Waals surface area (Å²) in [7, 11) is 0. The molecule has 1 aliphatic rings. The molecule has 4 rings (SSSR count). The second-order valence-electron chi connectivity index (χ2n) is 7.41. The molecule has 0 unspecified atom stereocenters. The molecule has 0 bridgehead atoms. The quantitative estimate of drug-likeness (QED) is 0.610. The Balaban J connectivity index is 1.32. The number of anilines is 2. The van der Waals surface area contributed by atoms with Crippen molar-refractivity contribution < 1.29 is 14.2 Å². The standard InChI is InChI=1S/C23H25FN4O2/c24-19-3-7-21(8-4-19)30-22-9-12-25-23(27-22)26-15-17-1-5-20(6-2-17)28-13-10-18(16-29)11-14-28/h1-9,12,18,29H,10-11,13-16H2,(H,25,26,27). The zero-order valence-corrected chi connectivity index (χ0v) is 16.7. The van der Waals surface area contributed by atoms with Crippen LogP contribution in [0, 0.1) is 11.7 Å². The maximum absolute atomic E-state index is 13.0. The Kier molecular flexibility index (Phi) is 6.39. The van der Waals surface area contributed by atoms with Crippen LogP contribution in [0.15, 0.2) is 60.8 Å². The average Bonchev–Trinajstić information content (AvgIpc) is 2.80. The number of hydrogen-bond acceptors (Lipinski definition) is 6. The second kappa shape index (κ2) is 9.54. The molecule has 2 N–H and O–H groups in total. The summed E-state index contributed by atoms with van der Waals surface area (Å²) in [6.07, 6.45) is 3.69. The highest BCUT2D eigenvalue weighted by atomic mass is 19.1. The van der Waals surface area contributed by atoms with Crippen molar-refractivity contribution in [2.24, 2.45) is 5.92 Å². The Labute approximate surface area is 175 Å². The van der Waals surface area contributed by atoms with E-state index >= 15 is 0 Å². The normalized spacial score (nSPS) is 14.5. The van der Waals surface area contributed by atoms with Crippen LogP contribution >= 0.6 is 0 Å². The highest BCUT2D eigenvalue weighted by Gasteiger charge is 2.18. The third kappa shape index (κ3) is 5.24. The minimum atomic E-state index is -0.312. The molecule has 3 aromatic rings. The van der Waals surface area contributed by atoms with Crippen LogP contribution in [-0.2, 0) is 6.54 Å². The smallest absolute Gasteiger partial charge is 0.226 e. The van der Waals surface area contributed by atoms with Crippen LogP contribution in [0.5, 0.6) is 11.6 Å². The average molecular weight is 408 g/mol. The SMILES string of the molecule is OCC1CCN(c2ccc(CNc3nccc(Oc4ccc(F)cc4)n3)cc2)CC1. The Bertz CT molecular complexity index is 942. The minimum absolute atomic E-state index is 0.288. The predicted octanol–water partition coefficient (Wildman–Crippen LogP) is 4.23. The van der Waals surface area contributed by atoms with Gasteiger partial charge >= 0.3 is 0 Å². The van der Waals surface area contributed by atoms with Crippen molar-refractivity contribution in [1.82, 2.24) is 9.97 Å². The Morgan fingerprint density at radius 3 is 2.47 bits per heavy atom. The molecule has 2 heterocycles. The van der Waals surface area contributed by atoms with Crippen molar-refractivity contribution in [2.45, 2.75) is 19.4 Å². The molecule has 0 spiro atoms. The summed E-state index contributed by atoms with van der Waals surface area (Å²) in [5.41, 5.74) is 2.33. The lowest BCUT2D eigenvalue weighted by Crippen LogP contribution is -2.34. The number of rotatable bonds is 7. The van der Waals surface area contributed by atoms with Crippen LogP contribution < -0.4 is 15.0 Å². The zero-order valence-electron chi connectivity index (χ0n) is 16.7. The van der Waals surface area contributed by atoms with E-state index in [4.69, 9.17) is 4.74 Å². The van der Waals surface area contributed by atoms with Gasteiger partial charge in [-0.15, -0.1) is 0 Å². The third-order valence-corrected chi connectivity index (χ3v) is 5.29. The van der Waals surface area contributed by atoms with Gasteiger partial charge in [0.2, 0.25) is 11.8 Å². The van der Waals surface area contributed by atoms with Gasteiger partial charge in [-0.3, -0.25) is 0 Å². The largest absolute Gasteiger partial charge is 0.439 e. The fourth-order valence-electron chi connectivity index (χ4n) is 3.49. The number of aliphatic hydroxyl groups excluding tert-OH is 1. The van der Waals surface area contributed by atoms with Gasteiger partial charge in [0.05, 0.1) is 0 Å².